The number of hydrogen-bond acceptors (Lipinski definition) is 5. The predicted octanol–water partition coefficient (Wildman–Crippen LogP) is 2.65. The molecule has 7 nitrogen and oxygen atoms in total. The Morgan fingerprint density at radius 1 is 1.32 bits per heavy atom. The maximum Gasteiger partial charge on any atom is 0.243 e. The summed E-state index contributed by atoms with van der Waals surface area (Å²) in [6, 6.07) is 7.85. The third-order valence-corrected chi connectivity index (χ3v) is 4.76. The molecule has 0 saturated carbocycles. The molecule has 0 N–H and O–H groups in total. The number of aryl methyl sites for hydroxylation is 2. The fraction of sp³-hybridized carbons (Fsp3) is 0.444. The SMILES string of the molecule is CCc1nc2ccccc2n1CC(=O)N1CCC[C@@H]1c1noc(C)n1. The molecule has 1 aromatic carbocycles. The smallest absolute Gasteiger partial charge is 0.243 e. The molecular weight excluding hydrogens is 318 g/mol. The van der Waals surface area contributed by atoms with Gasteiger partial charge in [-0.1, -0.05) is 24.2 Å². The summed E-state index contributed by atoms with van der Waals surface area (Å²) in [5, 5.41) is 4.01. The number of likely N-dealkylation sites (tertiary alicyclic amines) is 1. The molecule has 0 aliphatic carbocycles. The zero-order chi connectivity index (χ0) is 17.4. The van der Waals surface area contributed by atoms with Crippen LogP contribution in [-0.4, -0.2) is 37.0 Å². The molecule has 1 amide bonds. The second kappa shape index (κ2) is 6.31. The summed E-state index contributed by atoms with van der Waals surface area (Å²) < 4.78 is 7.11. The maximum atomic E-state index is 13.0. The van der Waals surface area contributed by atoms with Crippen molar-refractivity contribution in [3.05, 3.63) is 41.8 Å². The van der Waals surface area contributed by atoms with Crippen molar-refractivity contribution in [2.45, 2.75) is 45.7 Å². The molecule has 130 valence electrons. The molecule has 1 atom stereocenters. The average molecular weight is 339 g/mol. The van der Waals surface area contributed by atoms with Crippen molar-refractivity contribution < 1.29 is 9.32 Å². The van der Waals surface area contributed by atoms with Crippen molar-refractivity contribution in [1.29, 1.82) is 0 Å². The molecule has 1 fully saturated rings. The Balaban J connectivity index is 1.61. The van der Waals surface area contributed by atoms with Gasteiger partial charge in [0.15, 0.2) is 5.82 Å². The lowest BCUT2D eigenvalue weighted by Crippen LogP contribution is -2.34. The molecule has 4 rings (SSSR count). The van der Waals surface area contributed by atoms with Crippen molar-refractivity contribution in [3.8, 4) is 0 Å². The van der Waals surface area contributed by atoms with E-state index in [4.69, 9.17) is 4.52 Å². The van der Waals surface area contributed by atoms with Gasteiger partial charge in [0.25, 0.3) is 0 Å². The Bertz CT molecular complexity index is 913. The first kappa shape index (κ1) is 15.8. The number of nitrogens with zero attached hydrogens (tertiary/aromatic N) is 5. The molecule has 25 heavy (non-hydrogen) atoms. The number of fused-ring (bicyclic) bond motifs is 1. The van der Waals surface area contributed by atoms with Gasteiger partial charge in [-0.05, 0) is 25.0 Å². The fourth-order valence-corrected chi connectivity index (χ4v) is 3.58. The Hall–Kier alpha value is -2.70. The molecule has 0 bridgehead atoms. The number of aromatic nitrogens is 4. The molecule has 7 heteroatoms. The van der Waals surface area contributed by atoms with Gasteiger partial charge in [0, 0.05) is 19.9 Å². The fourth-order valence-electron chi connectivity index (χ4n) is 3.58. The molecule has 2 aromatic heterocycles. The number of rotatable bonds is 4. The van der Waals surface area contributed by atoms with Crippen LogP contribution in [0.4, 0.5) is 0 Å². The highest BCUT2D eigenvalue weighted by Crippen LogP contribution is 2.30. The van der Waals surface area contributed by atoms with Crippen LogP contribution in [-0.2, 0) is 17.8 Å². The molecule has 3 heterocycles. The zero-order valence-electron chi connectivity index (χ0n) is 14.5. The van der Waals surface area contributed by atoms with E-state index < -0.39 is 0 Å². The van der Waals surface area contributed by atoms with Crippen molar-refractivity contribution in [2.75, 3.05) is 6.54 Å². The molecule has 1 aliphatic heterocycles. The lowest BCUT2D eigenvalue weighted by Gasteiger charge is -2.23. The predicted molar refractivity (Wildman–Crippen MR) is 91.8 cm³/mol. The van der Waals surface area contributed by atoms with Gasteiger partial charge in [0.05, 0.1) is 17.1 Å². The van der Waals surface area contributed by atoms with Crippen LogP contribution in [0.5, 0.6) is 0 Å². The number of carbonyl (C=O) groups is 1. The van der Waals surface area contributed by atoms with E-state index in [2.05, 4.69) is 22.0 Å². The van der Waals surface area contributed by atoms with Gasteiger partial charge in [-0.3, -0.25) is 4.79 Å². The summed E-state index contributed by atoms with van der Waals surface area (Å²) in [6.07, 6.45) is 2.61. The van der Waals surface area contributed by atoms with E-state index in [0.29, 0.717) is 11.7 Å². The van der Waals surface area contributed by atoms with E-state index in [-0.39, 0.29) is 18.5 Å². The molecule has 0 spiro atoms. The van der Waals surface area contributed by atoms with Crippen LogP contribution in [0.3, 0.4) is 0 Å². The van der Waals surface area contributed by atoms with Crippen LogP contribution in [0.15, 0.2) is 28.8 Å². The van der Waals surface area contributed by atoms with E-state index in [9.17, 15) is 4.79 Å². The Morgan fingerprint density at radius 3 is 2.92 bits per heavy atom. The summed E-state index contributed by atoms with van der Waals surface area (Å²) in [4.78, 5) is 23.8. The third kappa shape index (κ3) is 2.79. The molecule has 1 aliphatic rings. The number of amides is 1. The van der Waals surface area contributed by atoms with Crippen LogP contribution in [0, 0.1) is 6.92 Å². The van der Waals surface area contributed by atoms with Crippen LogP contribution in [0.2, 0.25) is 0 Å². The summed E-state index contributed by atoms with van der Waals surface area (Å²) in [5.41, 5.74) is 1.93. The first-order chi connectivity index (χ1) is 12.2. The number of carbonyl (C=O) groups excluding carboxylic acids is 1. The normalized spacial score (nSPS) is 17.5. The summed E-state index contributed by atoms with van der Waals surface area (Å²) >= 11 is 0. The summed E-state index contributed by atoms with van der Waals surface area (Å²) in [7, 11) is 0. The van der Waals surface area contributed by atoms with Crippen molar-refractivity contribution in [2.24, 2.45) is 0 Å². The molecule has 0 unspecified atom stereocenters. The number of hydrogen-bond donors (Lipinski definition) is 0. The lowest BCUT2D eigenvalue weighted by molar-refractivity contribution is -0.132. The lowest BCUT2D eigenvalue weighted by atomic mass is 10.2. The Morgan fingerprint density at radius 2 is 2.16 bits per heavy atom. The van der Waals surface area contributed by atoms with Gasteiger partial charge < -0.3 is 14.0 Å². The van der Waals surface area contributed by atoms with Crippen LogP contribution in [0.1, 0.15) is 43.3 Å². The number of para-hydroxylation sites is 2. The second-order valence-corrected chi connectivity index (χ2v) is 6.37. The van der Waals surface area contributed by atoms with Crippen LogP contribution < -0.4 is 0 Å². The van der Waals surface area contributed by atoms with Crippen LogP contribution in [0.25, 0.3) is 11.0 Å². The summed E-state index contributed by atoms with van der Waals surface area (Å²) in [6.45, 7) is 4.84. The molecular formula is C18H21N5O2. The van der Waals surface area contributed by atoms with Gasteiger partial charge in [0.2, 0.25) is 11.8 Å². The van der Waals surface area contributed by atoms with Gasteiger partial charge >= 0.3 is 0 Å². The summed E-state index contributed by atoms with van der Waals surface area (Å²) in [5.74, 6) is 2.14. The monoisotopic (exact) mass is 339 g/mol. The highest BCUT2D eigenvalue weighted by Gasteiger charge is 2.33. The first-order valence-corrected chi connectivity index (χ1v) is 8.71. The maximum absolute atomic E-state index is 13.0. The van der Waals surface area contributed by atoms with E-state index in [1.54, 1.807) is 6.92 Å². The van der Waals surface area contributed by atoms with E-state index in [1.807, 2.05) is 33.7 Å². The van der Waals surface area contributed by atoms with Gasteiger partial charge in [-0.25, -0.2) is 4.98 Å². The minimum atomic E-state index is -0.0928. The highest BCUT2D eigenvalue weighted by molar-refractivity contribution is 5.81. The van der Waals surface area contributed by atoms with E-state index in [0.717, 1.165) is 42.7 Å². The third-order valence-electron chi connectivity index (χ3n) is 4.76. The van der Waals surface area contributed by atoms with E-state index >= 15 is 0 Å². The van der Waals surface area contributed by atoms with Crippen LogP contribution >= 0.6 is 0 Å². The van der Waals surface area contributed by atoms with Crippen molar-refractivity contribution in [3.63, 3.8) is 0 Å². The Kier molecular flexibility index (Phi) is 3.99. The molecule has 3 aromatic rings. The Labute approximate surface area is 145 Å². The standard InChI is InChI=1S/C18H21N5O2/c1-3-16-20-13-7-4-5-8-14(13)23(16)11-17(24)22-10-6-9-15(22)18-19-12(2)25-21-18/h4-5,7-8,15H,3,6,9-11H2,1-2H3/t15-/m1/s1. The van der Waals surface area contributed by atoms with Crippen molar-refractivity contribution in [1.82, 2.24) is 24.6 Å². The van der Waals surface area contributed by atoms with Gasteiger partial charge in [-0.15, -0.1) is 0 Å². The topological polar surface area (TPSA) is 77.0 Å². The first-order valence-electron chi connectivity index (χ1n) is 8.71. The zero-order valence-corrected chi connectivity index (χ0v) is 14.5. The quantitative estimate of drug-likeness (QED) is 0.730. The van der Waals surface area contributed by atoms with E-state index in [1.165, 1.54) is 0 Å². The highest BCUT2D eigenvalue weighted by atomic mass is 16.5. The van der Waals surface area contributed by atoms with Crippen molar-refractivity contribution >= 4 is 16.9 Å². The minimum absolute atomic E-state index is 0.0720. The average Bonchev–Trinajstić information content (AvgIpc) is 3.33. The number of benzene rings is 1. The number of imidazole rings is 1. The second-order valence-electron chi connectivity index (χ2n) is 6.37. The molecule has 0 radical (unpaired) electrons. The largest absolute Gasteiger partial charge is 0.340 e. The minimum Gasteiger partial charge on any atom is -0.340 e. The molecule has 1 saturated heterocycles. The van der Waals surface area contributed by atoms with Gasteiger partial charge in [0.1, 0.15) is 12.4 Å². The van der Waals surface area contributed by atoms with Gasteiger partial charge in [-0.2, -0.15) is 4.98 Å².